The molecule has 0 aliphatic heterocycles. The molecule has 0 fully saturated rings. The van der Waals surface area contributed by atoms with Gasteiger partial charge in [0.1, 0.15) is 0 Å². The van der Waals surface area contributed by atoms with Crippen molar-refractivity contribution in [1.82, 2.24) is 0 Å². The summed E-state index contributed by atoms with van der Waals surface area (Å²) in [5, 5.41) is 0. The van der Waals surface area contributed by atoms with Crippen molar-refractivity contribution in [3.8, 4) is 0 Å². The molecular weight excluding hydrogens is 261 g/mol. The average Bonchev–Trinajstić information content (AvgIpc) is 2.00. The number of hydrogen-bond acceptors (Lipinski definition) is 0. The van der Waals surface area contributed by atoms with Crippen molar-refractivity contribution >= 4 is 7.81 Å². The van der Waals surface area contributed by atoms with Crippen LogP contribution in [-0.2, 0) is 17.1 Å². The molecule has 0 aliphatic carbocycles. The van der Waals surface area contributed by atoms with Gasteiger partial charge in [-0.15, -0.1) is 0 Å². The third kappa shape index (κ3) is 48.7. The van der Waals surface area contributed by atoms with Crippen LogP contribution in [0.3, 0.4) is 0 Å². The summed E-state index contributed by atoms with van der Waals surface area (Å²) in [6.45, 7) is 0. The number of halogens is 6. The van der Waals surface area contributed by atoms with Crippen LogP contribution in [0.4, 0.5) is 25.2 Å². The molecule has 0 heterocycles. The number of hydrogen-bond donors (Lipinski definition) is 0. The van der Waals surface area contributed by atoms with Crippen molar-refractivity contribution in [2.45, 2.75) is 0 Å². The summed E-state index contributed by atoms with van der Waals surface area (Å²) in [4.78, 5) is 0. The van der Waals surface area contributed by atoms with Gasteiger partial charge in [0.25, 0.3) is 0 Å². The Balaban J connectivity index is 0. The summed E-state index contributed by atoms with van der Waals surface area (Å²) in [5.74, 6) is 0. The Morgan fingerprint density at radius 2 is 1.00 bits per heavy atom. The third-order valence-corrected chi connectivity index (χ3v) is 0.556. The molecule has 0 nitrogen and oxygen atoms in total. The zero-order valence-corrected chi connectivity index (χ0v) is 7.95. The van der Waals surface area contributed by atoms with Gasteiger partial charge in [-0.3, -0.25) is 0 Å². The Morgan fingerprint density at radius 1 is 0.769 bits per heavy atom. The van der Waals surface area contributed by atoms with Crippen LogP contribution in [0.25, 0.3) is 0 Å². The minimum atomic E-state index is -10.7. The van der Waals surface area contributed by atoms with Gasteiger partial charge in [0.05, 0.1) is 0 Å². The van der Waals surface area contributed by atoms with Gasteiger partial charge in [0.15, 0.2) is 0 Å². The Kier molecular flexibility index (Phi) is 4.20. The molecule has 82 valence electrons. The van der Waals surface area contributed by atoms with Crippen LogP contribution in [-0.4, -0.2) is 0 Å². The molecule has 0 unspecified atom stereocenters. The van der Waals surface area contributed by atoms with E-state index in [1.807, 2.05) is 30.3 Å². The number of rotatable bonds is 0. The van der Waals surface area contributed by atoms with E-state index in [9.17, 15) is 25.2 Å². The summed E-state index contributed by atoms with van der Waals surface area (Å²) in [5.41, 5.74) is 0. The van der Waals surface area contributed by atoms with Crippen molar-refractivity contribution in [1.29, 1.82) is 0 Å². The molecule has 0 radical (unpaired) electrons. The van der Waals surface area contributed by atoms with Gasteiger partial charge < -0.3 is 0 Å². The van der Waals surface area contributed by atoms with E-state index in [1.165, 1.54) is 0 Å². The predicted molar refractivity (Wildman–Crippen MR) is 35.6 cm³/mol. The van der Waals surface area contributed by atoms with Gasteiger partial charge in [0.2, 0.25) is 0 Å². The summed E-state index contributed by atoms with van der Waals surface area (Å²) >= 11 is 0. The van der Waals surface area contributed by atoms with Gasteiger partial charge >= 0.3 is 33.0 Å². The first kappa shape index (κ1) is 15.4. The molecule has 0 amide bonds. The first-order valence-electron chi connectivity index (χ1n) is 2.68. The topological polar surface area (TPSA) is 0 Å². The maximum Gasteiger partial charge on any atom is 0 e. The summed E-state index contributed by atoms with van der Waals surface area (Å²) in [6.07, 6.45) is 0. The molecule has 0 aromatic heterocycles. The van der Waals surface area contributed by atoms with Crippen LogP contribution < -0.4 is 0 Å². The molecule has 0 N–H and O–H groups in total. The normalized spacial score (nSPS) is 15.5. The molecular formula is C5H5F6FeP-2. The van der Waals surface area contributed by atoms with E-state index in [2.05, 4.69) is 0 Å². The van der Waals surface area contributed by atoms with Crippen LogP contribution in [0.1, 0.15) is 0 Å². The molecule has 0 spiro atoms. The second kappa shape index (κ2) is 3.56. The van der Waals surface area contributed by atoms with Crippen LogP contribution >= 0.6 is 7.81 Å². The predicted octanol–water partition coefficient (Wildman–Crippen LogP) is 4.79. The van der Waals surface area contributed by atoms with E-state index in [0.29, 0.717) is 0 Å². The minimum Gasteiger partial charge on any atom is -0.214 e. The fourth-order valence-electron chi connectivity index (χ4n) is 0.321. The second-order valence-corrected chi connectivity index (χ2v) is 3.84. The standard InChI is InChI=1S/C5H5.F6P.Fe/c1-2-4-5-3-1;1-7(2,3,4,5)6;/h1-5H;;/q2*-1;. The fraction of sp³-hybridized carbons (Fsp3) is 0. The molecule has 13 heavy (non-hydrogen) atoms. The Hall–Kier alpha value is -0.121. The molecule has 1 aromatic rings. The molecule has 0 saturated carbocycles. The van der Waals surface area contributed by atoms with E-state index < -0.39 is 7.81 Å². The quantitative estimate of drug-likeness (QED) is 0.274. The smallest absolute Gasteiger partial charge is 0 e. The minimum absolute atomic E-state index is 0. The van der Waals surface area contributed by atoms with Crippen LogP contribution in [0.2, 0.25) is 0 Å². The molecule has 0 atom stereocenters. The fourth-order valence-corrected chi connectivity index (χ4v) is 0.321. The van der Waals surface area contributed by atoms with E-state index >= 15 is 0 Å². The Morgan fingerprint density at radius 3 is 1.08 bits per heavy atom. The van der Waals surface area contributed by atoms with E-state index in [-0.39, 0.29) is 17.1 Å². The molecule has 1 rings (SSSR count). The molecule has 8 heteroatoms. The van der Waals surface area contributed by atoms with Crippen LogP contribution in [0.5, 0.6) is 0 Å². The first-order chi connectivity index (χ1) is 4.95. The van der Waals surface area contributed by atoms with E-state index in [4.69, 9.17) is 0 Å². The Labute approximate surface area is 81.0 Å². The summed E-state index contributed by atoms with van der Waals surface area (Å²) in [7, 11) is -10.7. The summed E-state index contributed by atoms with van der Waals surface area (Å²) in [6, 6.07) is 10.0. The molecule has 0 saturated heterocycles. The second-order valence-electron chi connectivity index (χ2n) is 1.92. The van der Waals surface area contributed by atoms with Crippen LogP contribution in [0, 0.1) is 0 Å². The molecule has 0 bridgehead atoms. The SMILES string of the molecule is F[P-](F)(F)(F)(F)F.[Fe].c1cc[cH-]c1. The largest absolute Gasteiger partial charge is 0.214 e. The van der Waals surface area contributed by atoms with Crippen molar-refractivity contribution in [2.75, 3.05) is 0 Å². The van der Waals surface area contributed by atoms with Gasteiger partial charge in [-0.05, 0) is 0 Å². The van der Waals surface area contributed by atoms with Crippen molar-refractivity contribution < 1.29 is 42.3 Å². The van der Waals surface area contributed by atoms with E-state index in [0.717, 1.165) is 0 Å². The Bertz CT molecular complexity index is 192. The zero-order chi connectivity index (χ0) is 9.94. The van der Waals surface area contributed by atoms with Gasteiger partial charge in [-0.25, -0.2) is 12.1 Å². The zero-order valence-electron chi connectivity index (χ0n) is 5.96. The van der Waals surface area contributed by atoms with Gasteiger partial charge in [-0.1, -0.05) is 0 Å². The van der Waals surface area contributed by atoms with Crippen molar-refractivity contribution in [2.24, 2.45) is 0 Å². The molecule has 1 aromatic carbocycles. The van der Waals surface area contributed by atoms with Gasteiger partial charge in [-0.2, -0.15) is 18.2 Å². The van der Waals surface area contributed by atoms with Gasteiger partial charge in [0, 0.05) is 17.1 Å². The maximum absolute atomic E-state index is 10.7. The molecule has 0 aliphatic rings. The van der Waals surface area contributed by atoms with Crippen molar-refractivity contribution in [3.63, 3.8) is 0 Å². The monoisotopic (exact) mass is 266 g/mol. The van der Waals surface area contributed by atoms with Crippen LogP contribution in [0.15, 0.2) is 30.3 Å². The van der Waals surface area contributed by atoms with E-state index in [1.54, 1.807) is 0 Å². The van der Waals surface area contributed by atoms with Crippen molar-refractivity contribution in [3.05, 3.63) is 30.3 Å². The average molecular weight is 266 g/mol. The first-order valence-corrected chi connectivity index (χ1v) is 4.71. The maximum atomic E-state index is 9.87. The third-order valence-electron chi connectivity index (χ3n) is 0.556. The summed E-state index contributed by atoms with van der Waals surface area (Å²) < 4.78 is 59.2.